The molecule has 0 radical (unpaired) electrons. The molecular weight excluding hydrogens is 719 g/mol. The van der Waals surface area contributed by atoms with Crippen molar-refractivity contribution in [3.63, 3.8) is 0 Å². The molecule has 0 saturated heterocycles. The number of fused-ring (bicyclic) bond motifs is 3. The van der Waals surface area contributed by atoms with Crippen molar-refractivity contribution >= 4 is 52.7 Å². The van der Waals surface area contributed by atoms with Crippen LogP contribution in [-0.2, 0) is 44.5 Å². The highest BCUT2D eigenvalue weighted by Gasteiger charge is 2.52. The van der Waals surface area contributed by atoms with E-state index in [1.54, 1.807) is 0 Å². The number of rotatable bonds is 7. The third-order valence-electron chi connectivity index (χ3n) is 7.33. The van der Waals surface area contributed by atoms with Gasteiger partial charge in [-0.15, -0.1) is 11.3 Å². The van der Waals surface area contributed by atoms with Crippen LogP contribution in [0.1, 0.15) is 16.7 Å². The minimum Gasteiger partial charge on any atom is -0.497 e. The molecule has 1 aliphatic heterocycles. The van der Waals surface area contributed by atoms with Gasteiger partial charge in [0.05, 0.1) is 41.5 Å². The van der Waals surface area contributed by atoms with E-state index in [-0.39, 0.29) is 35.6 Å². The number of thiophene rings is 1. The first-order chi connectivity index (χ1) is 22.4. The number of halogens is 6. The molecule has 0 bridgehead atoms. The van der Waals surface area contributed by atoms with Crippen molar-refractivity contribution in [2.75, 3.05) is 13.7 Å². The molecule has 48 heavy (non-hydrogen) atoms. The van der Waals surface area contributed by atoms with Crippen LogP contribution in [0.15, 0.2) is 52.6 Å². The Labute approximate surface area is 270 Å². The van der Waals surface area contributed by atoms with Crippen molar-refractivity contribution in [2.24, 2.45) is 0 Å². The maximum atomic E-state index is 14.3. The molecule has 4 heterocycles. The molecule has 0 atom stereocenters. The number of alkyl halides is 6. The van der Waals surface area contributed by atoms with Crippen molar-refractivity contribution in [3.8, 4) is 22.9 Å². The Bertz CT molecular complexity index is 2350. The topological polar surface area (TPSA) is 148 Å². The smallest absolute Gasteiger partial charge is 0.497 e. The molecule has 1 aliphatic rings. The lowest BCUT2D eigenvalue weighted by molar-refractivity contribution is -0.0499. The van der Waals surface area contributed by atoms with Crippen molar-refractivity contribution in [1.29, 1.82) is 0 Å². The van der Waals surface area contributed by atoms with E-state index >= 15 is 0 Å². The second kappa shape index (κ2) is 11.8. The van der Waals surface area contributed by atoms with Gasteiger partial charge in [-0.2, -0.15) is 48.7 Å². The highest BCUT2D eigenvalue weighted by molar-refractivity contribution is 7.91. The van der Waals surface area contributed by atoms with E-state index in [0.29, 0.717) is 33.8 Å². The zero-order valence-corrected chi connectivity index (χ0v) is 26.5. The number of hydrogen-bond acceptors (Lipinski definition) is 11. The van der Waals surface area contributed by atoms with Crippen LogP contribution in [-0.4, -0.2) is 55.1 Å². The van der Waals surface area contributed by atoms with Gasteiger partial charge >= 0.3 is 31.2 Å². The van der Waals surface area contributed by atoms with Gasteiger partial charge in [0.1, 0.15) is 11.3 Å². The molecule has 6 rings (SSSR count). The summed E-state index contributed by atoms with van der Waals surface area (Å²) in [5.41, 5.74) is -12.2. The van der Waals surface area contributed by atoms with Crippen molar-refractivity contribution in [2.45, 2.75) is 30.5 Å². The van der Waals surface area contributed by atoms with Crippen LogP contribution in [0.25, 0.3) is 32.6 Å². The minimum absolute atomic E-state index is 0.0213. The normalized spacial score (nSPS) is 14.6. The number of nitrogens with one attached hydrogen (secondary N) is 1. The second-order valence-electron chi connectivity index (χ2n) is 10.2. The number of imidazole rings is 1. The van der Waals surface area contributed by atoms with Gasteiger partial charge in [0.15, 0.2) is 11.6 Å². The average Bonchev–Trinajstić information content (AvgIpc) is 3.56. The summed E-state index contributed by atoms with van der Waals surface area (Å²) >= 11 is 0.595. The number of benzene rings is 2. The summed E-state index contributed by atoms with van der Waals surface area (Å²) < 4.78 is 144. The summed E-state index contributed by atoms with van der Waals surface area (Å²) in [6.07, 6.45) is 0.110. The third-order valence-corrected chi connectivity index (χ3v) is 10.6. The molecule has 0 fully saturated rings. The highest BCUT2D eigenvalue weighted by atomic mass is 32.2. The van der Waals surface area contributed by atoms with Crippen molar-refractivity contribution < 1.29 is 56.9 Å². The number of pyridine rings is 1. The van der Waals surface area contributed by atoms with Gasteiger partial charge in [-0.3, -0.25) is 4.79 Å². The maximum absolute atomic E-state index is 14.3. The Morgan fingerprint density at radius 1 is 0.979 bits per heavy atom. The Kier molecular flexibility index (Phi) is 8.26. The molecule has 3 aromatic heterocycles. The van der Waals surface area contributed by atoms with Crippen LogP contribution in [0.2, 0.25) is 0 Å². The van der Waals surface area contributed by atoms with Gasteiger partial charge in [-0.1, -0.05) is 12.1 Å². The van der Waals surface area contributed by atoms with Gasteiger partial charge in [-0.05, 0) is 58.8 Å². The Balaban J connectivity index is 1.74. The van der Waals surface area contributed by atoms with E-state index in [9.17, 15) is 48.0 Å². The zero-order valence-electron chi connectivity index (χ0n) is 24.0. The van der Waals surface area contributed by atoms with Gasteiger partial charge < -0.3 is 18.3 Å². The number of hydroxylamine groups is 1. The molecule has 256 valence electrons. The molecule has 1 N–H and O–H groups in total. The largest absolute Gasteiger partial charge is 0.534 e. The van der Waals surface area contributed by atoms with E-state index in [4.69, 9.17) is 9.57 Å². The fraction of sp³-hybridized carbons (Fsp3) is 0.259. The van der Waals surface area contributed by atoms with E-state index in [1.807, 2.05) is 0 Å². The van der Waals surface area contributed by atoms with Crippen molar-refractivity contribution in [1.82, 2.24) is 19.0 Å². The SMILES string of the molecule is COc1ccc(Cn2c(=O)c(-c3nc4cc5c(cc4n3S(=O)(=O)C(F)(F)F)CCONC5)c(OS(=O)(=O)C(F)(F)F)c3sccc32)cc1. The molecule has 0 unspecified atom stereocenters. The van der Waals surface area contributed by atoms with E-state index in [1.165, 1.54) is 48.9 Å². The first-order valence-corrected chi connectivity index (χ1v) is 17.2. The number of hydrogen-bond donors (Lipinski definition) is 1. The van der Waals surface area contributed by atoms with Gasteiger partial charge in [-0.25, -0.2) is 8.96 Å². The van der Waals surface area contributed by atoms with E-state index in [2.05, 4.69) is 14.6 Å². The van der Waals surface area contributed by atoms with Crippen LogP contribution in [0, 0.1) is 0 Å². The number of methoxy groups -OCH3 is 1. The summed E-state index contributed by atoms with van der Waals surface area (Å²) in [7, 11) is -11.6. The van der Waals surface area contributed by atoms with Gasteiger partial charge in [0.25, 0.3) is 5.56 Å². The number of aromatic nitrogens is 3. The maximum Gasteiger partial charge on any atom is 0.534 e. The summed E-state index contributed by atoms with van der Waals surface area (Å²) in [4.78, 5) is 23.5. The molecule has 0 saturated carbocycles. The first-order valence-electron chi connectivity index (χ1n) is 13.4. The monoisotopic (exact) mass is 738 g/mol. The molecule has 12 nitrogen and oxygen atoms in total. The average molecular weight is 739 g/mol. The zero-order chi connectivity index (χ0) is 34.8. The molecule has 2 aromatic carbocycles. The lowest BCUT2D eigenvalue weighted by atomic mass is 10.0. The van der Waals surface area contributed by atoms with Crippen LogP contribution in [0.4, 0.5) is 26.3 Å². The molecule has 21 heteroatoms. The van der Waals surface area contributed by atoms with Crippen molar-refractivity contribution in [3.05, 3.63) is 74.9 Å². The fourth-order valence-electron chi connectivity index (χ4n) is 5.10. The Morgan fingerprint density at radius 2 is 1.69 bits per heavy atom. The molecular formula is C27H20F6N4O8S3. The molecule has 0 spiro atoms. The lowest BCUT2D eigenvalue weighted by Crippen LogP contribution is -2.33. The third kappa shape index (κ3) is 5.67. The number of ether oxygens (including phenoxy) is 1. The van der Waals surface area contributed by atoms with Crippen LogP contribution in [0.5, 0.6) is 11.5 Å². The number of nitrogens with zero attached hydrogens (tertiary/aromatic N) is 3. The molecule has 0 aliphatic carbocycles. The predicted octanol–water partition coefficient (Wildman–Crippen LogP) is 4.64. The minimum atomic E-state index is -6.56. The lowest BCUT2D eigenvalue weighted by Gasteiger charge is -2.18. The summed E-state index contributed by atoms with van der Waals surface area (Å²) in [5, 5.41) is 1.27. The predicted molar refractivity (Wildman–Crippen MR) is 159 cm³/mol. The van der Waals surface area contributed by atoms with Gasteiger partial charge in [0.2, 0.25) is 0 Å². The van der Waals surface area contributed by atoms with Gasteiger partial charge in [0, 0.05) is 6.54 Å². The summed E-state index contributed by atoms with van der Waals surface area (Å²) in [6, 6.07) is 9.66. The molecule has 0 amide bonds. The molecule has 5 aromatic rings. The van der Waals surface area contributed by atoms with Crippen LogP contribution >= 0.6 is 11.3 Å². The van der Waals surface area contributed by atoms with E-state index < -0.39 is 69.6 Å². The Hall–Kier alpha value is -4.18. The van der Waals surface area contributed by atoms with Crippen LogP contribution < -0.4 is 20.0 Å². The standard InChI is InChI=1S/C27H20F6N4O8S3/c1-43-17-4-2-14(3-5-17)13-36-19-7-9-46-23(19)22(45-48(41,42)27(31,32)33)21(25(36)38)24-35-18-10-16-12-34-44-8-6-15(16)11-20(18)37(24)47(39,40)26(28,29)30/h2-5,7,9-11,34H,6,8,12-13H2,1H3. The summed E-state index contributed by atoms with van der Waals surface area (Å²) in [5.74, 6) is -2.23. The van der Waals surface area contributed by atoms with Crippen LogP contribution in [0.3, 0.4) is 0 Å². The quantitative estimate of drug-likeness (QED) is 0.142. The first kappa shape index (κ1) is 33.7. The Morgan fingerprint density at radius 3 is 2.33 bits per heavy atom. The second-order valence-corrected chi connectivity index (χ2v) is 14.5. The van der Waals surface area contributed by atoms with E-state index in [0.717, 1.165) is 10.6 Å². The highest BCUT2D eigenvalue weighted by Crippen LogP contribution is 2.43. The fourth-order valence-corrected chi connectivity index (χ4v) is 7.48. The summed E-state index contributed by atoms with van der Waals surface area (Å²) in [6.45, 7) is -0.279.